The van der Waals surface area contributed by atoms with Crippen LogP contribution in [-0.2, 0) is 16.0 Å². The molecule has 0 aliphatic carbocycles. The number of benzene rings is 4. The fraction of sp³-hybridized carbons (Fsp3) is 0.229. The summed E-state index contributed by atoms with van der Waals surface area (Å²) in [6, 6.07) is 24.8. The molecule has 10 heteroatoms. The zero-order valence-electron chi connectivity index (χ0n) is 24.6. The molecule has 2 fully saturated rings. The fourth-order valence-electron chi connectivity index (χ4n) is 5.47. The zero-order chi connectivity index (χ0) is 31.3. The van der Waals surface area contributed by atoms with E-state index in [4.69, 9.17) is 32.5 Å². The van der Waals surface area contributed by atoms with Gasteiger partial charge in [-0.3, -0.25) is 14.6 Å². The molecular weight excluding hydrogens is 607 g/mol. The van der Waals surface area contributed by atoms with Crippen molar-refractivity contribution in [1.29, 1.82) is 0 Å². The van der Waals surface area contributed by atoms with Crippen molar-refractivity contribution in [1.82, 2.24) is 9.80 Å². The minimum Gasteiger partial charge on any atom is -0.492 e. The fourth-order valence-corrected chi connectivity index (χ4v) is 6.77. The van der Waals surface area contributed by atoms with Crippen molar-refractivity contribution in [3.63, 3.8) is 0 Å². The first-order valence-corrected chi connectivity index (χ1v) is 16.0. The van der Waals surface area contributed by atoms with E-state index in [0.717, 1.165) is 65.9 Å². The van der Waals surface area contributed by atoms with E-state index < -0.39 is 5.97 Å². The van der Waals surface area contributed by atoms with Crippen molar-refractivity contribution in [2.75, 3.05) is 51.7 Å². The maximum absolute atomic E-state index is 13.6. The molecule has 45 heavy (non-hydrogen) atoms. The van der Waals surface area contributed by atoms with Crippen molar-refractivity contribution in [3.8, 4) is 16.9 Å². The highest BCUT2D eigenvalue weighted by atomic mass is 32.2. The Morgan fingerprint density at radius 3 is 2.47 bits per heavy atom. The van der Waals surface area contributed by atoms with Gasteiger partial charge in [0.05, 0.1) is 23.7 Å². The van der Waals surface area contributed by atoms with Crippen LogP contribution in [0.15, 0.2) is 83.8 Å². The Morgan fingerprint density at radius 2 is 1.73 bits per heavy atom. The number of carboxylic acid groups (broad SMARTS) is 1. The SMILES string of the molecule is Nc1cc2ccccc2cc1-c1ccc(OCCN2CCOCC2)c(C=C2SC(=S)N(CCc3ccc(C(=O)O)cc3)C2=O)c1. The van der Waals surface area contributed by atoms with Crippen molar-refractivity contribution in [3.05, 3.63) is 100 Å². The normalized spacial score (nSPS) is 16.5. The zero-order valence-corrected chi connectivity index (χ0v) is 26.2. The van der Waals surface area contributed by atoms with Crippen LogP contribution in [0.1, 0.15) is 21.5 Å². The number of nitrogens with two attached hydrogens (primary N) is 1. The molecule has 0 saturated carbocycles. The molecule has 8 nitrogen and oxygen atoms in total. The van der Waals surface area contributed by atoms with Crippen LogP contribution in [0.3, 0.4) is 0 Å². The van der Waals surface area contributed by atoms with Gasteiger partial charge in [0.2, 0.25) is 0 Å². The number of rotatable bonds is 10. The number of anilines is 1. The van der Waals surface area contributed by atoms with Gasteiger partial charge in [-0.1, -0.05) is 66.4 Å². The standard InChI is InChI=1S/C35H33N3O5S2/c36-30-21-26-4-2-1-3-25(26)20-29(30)27-9-10-31(43-18-15-37-13-16-42-17-14-37)28(19-27)22-32-33(39)38(35(44)45-32)12-11-23-5-7-24(8-6-23)34(40)41/h1-10,19-22H,11-18,36H2,(H,40,41). The van der Waals surface area contributed by atoms with Gasteiger partial charge in [0.15, 0.2) is 0 Å². The molecular formula is C35H33N3O5S2. The van der Waals surface area contributed by atoms with E-state index in [1.54, 1.807) is 29.2 Å². The number of morpholine rings is 1. The summed E-state index contributed by atoms with van der Waals surface area (Å²) < 4.78 is 12.2. The maximum atomic E-state index is 13.6. The van der Waals surface area contributed by atoms with E-state index in [1.807, 2.05) is 48.5 Å². The van der Waals surface area contributed by atoms with Crippen LogP contribution in [0.25, 0.3) is 28.0 Å². The van der Waals surface area contributed by atoms with Gasteiger partial charge in [0.1, 0.15) is 16.7 Å². The lowest BCUT2D eigenvalue weighted by Crippen LogP contribution is -2.38. The molecule has 0 atom stereocenters. The Bertz CT molecular complexity index is 1780. The van der Waals surface area contributed by atoms with E-state index in [-0.39, 0.29) is 11.5 Å². The van der Waals surface area contributed by atoms with Gasteiger partial charge in [-0.05, 0) is 70.8 Å². The number of hydrogen-bond donors (Lipinski definition) is 2. The molecule has 4 aromatic carbocycles. The minimum atomic E-state index is -0.972. The summed E-state index contributed by atoms with van der Waals surface area (Å²) in [5.74, 6) is -0.461. The lowest BCUT2D eigenvalue weighted by atomic mass is 9.97. The van der Waals surface area contributed by atoms with Gasteiger partial charge in [-0.15, -0.1) is 0 Å². The van der Waals surface area contributed by atoms with Crippen LogP contribution in [0.4, 0.5) is 5.69 Å². The minimum absolute atomic E-state index is 0.165. The van der Waals surface area contributed by atoms with Crippen LogP contribution in [0, 0.1) is 0 Å². The Hall–Kier alpha value is -4.22. The average molecular weight is 640 g/mol. The van der Waals surface area contributed by atoms with Crippen molar-refractivity contribution >= 4 is 62.7 Å². The highest BCUT2D eigenvalue weighted by Gasteiger charge is 2.32. The van der Waals surface area contributed by atoms with Crippen molar-refractivity contribution in [2.24, 2.45) is 0 Å². The largest absolute Gasteiger partial charge is 0.492 e. The molecule has 2 saturated heterocycles. The smallest absolute Gasteiger partial charge is 0.335 e. The molecule has 4 aromatic rings. The highest BCUT2D eigenvalue weighted by Crippen LogP contribution is 2.37. The number of thioether (sulfide) groups is 1. The van der Waals surface area contributed by atoms with Crippen molar-refractivity contribution in [2.45, 2.75) is 6.42 Å². The van der Waals surface area contributed by atoms with E-state index in [1.165, 1.54) is 11.8 Å². The van der Waals surface area contributed by atoms with Gasteiger partial charge in [0.25, 0.3) is 5.91 Å². The summed E-state index contributed by atoms with van der Waals surface area (Å²) >= 11 is 6.88. The Morgan fingerprint density at radius 1 is 1.00 bits per heavy atom. The number of ether oxygens (including phenoxy) is 2. The number of hydrogen-bond acceptors (Lipinski definition) is 8. The molecule has 0 radical (unpaired) electrons. The number of carboxylic acids is 1. The Balaban J connectivity index is 1.26. The third kappa shape index (κ3) is 7.20. The molecule has 6 rings (SSSR count). The van der Waals surface area contributed by atoms with Crippen LogP contribution in [0.5, 0.6) is 5.75 Å². The number of amides is 1. The Labute approximate surface area is 271 Å². The molecule has 3 N–H and O–H groups in total. The van der Waals surface area contributed by atoms with Gasteiger partial charge in [-0.25, -0.2) is 4.79 Å². The van der Waals surface area contributed by atoms with Gasteiger partial charge in [-0.2, -0.15) is 0 Å². The van der Waals surface area contributed by atoms with Crippen LogP contribution < -0.4 is 10.5 Å². The second-order valence-electron chi connectivity index (χ2n) is 10.9. The number of carbonyl (C=O) groups excluding carboxylic acids is 1. The van der Waals surface area contributed by atoms with Crippen LogP contribution in [-0.4, -0.2) is 77.1 Å². The van der Waals surface area contributed by atoms with E-state index in [0.29, 0.717) is 40.2 Å². The molecule has 0 unspecified atom stereocenters. The summed E-state index contributed by atoms with van der Waals surface area (Å²) in [4.78, 5) is 29.2. The monoisotopic (exact) mass is 639 g/mol. The molecule has 1 amide bonds. The van der Waals surface area contributed by atoms with E-state index >= 15 is 0 Å². The van der Waals surface area contributed by atoms with Crippen molar-refractivity contribution < 1.29 is 24.2 Å². The first kappa shape index (κ1) is 30.8. The van der Waals surface area contributed by atoms with E-state index in [2.05, 4.69) is 17.0 Å². The molecule has 2 aliphatic heterocycles. The number of nitrogen functional groups attached to an aromatic ring is 1. The molecule has 0 bridgehead atoms. The molecule has 230 valence electrons. The summed E-state index contributed by atoms with van der Waals surface area (Å²) in [7, 11) is 0. The number of thiocarbonyl (C=S) groups is 1. The lowest BCUT2D eigenvalue weighted by Gasteiger charge is -2.26. The average Bonchev–Trinajstić information content (AvgIpc) is 3.32. The molecule has 0 spiro atoms. The molecule has 0 aromatic heterocycles. The van der Waals surface area contributed by atoms with Gasteiger partial charge >= 0.3 is 5.97 Å². The number of nitrogens with zero attached hydrogens (tertiary/aromatic N) is 2. The predicted octanol–water partition coefficient (Wildman–Crippen LogP) is 5.94. The topological polar surface area (TPSA) is 105 Å². The molecule has 2 aliphatic rings. The third-order valence-electron chi connectivity index (χ3n) is 7.99. The third-order valence-corrected chi connectivity index (χ3v) is 9.37. The second kappa shape index (κ2) is 13.8. The lowest BCUT2D eigenvalue weighted by molar-refractivity contribution is -0.122. The second-order valence-corrected chi connectivity index (χ2v) is 12.6. The maximum Gasteiger partial charge on any atom is 0.335 e. The summed E-state index contributed by atoms with van der Waals surface area (Å²) in [5, 5.41) is 11.3. The van der Waals surface area contributed by atoms with Gasteiger partial charge in [0, 0.05) is 43.0 Å². The molecule has 2 heterocycles. The summed E-state index contributed by atoms with van der Waals surface area (Å²) in [5.41, 5.74) is 10.9. The van der Waals surface area contributed by atoms with Crippen LogP contribution in [0.2, 0.25) is 0 Å². The Kier molecular flexibility index (Phi) is 9.46. The van der Waals surface area contributed by atoms with E-state index in [9.17, 15) is 9.59 Å². The van der Waals surface area contributed by atoms with Gasteiger partial charge < -0.3 is 20.3 Å². The number of aromatic carboxylic acids is 1. The quantitative estimate of drug-likeness (QED) is 0.124. The number of fused-ring (bicyclic) bond motifs is 1. The predicted molar refractivity (Wildman–Crippen MR) is 184 cm³/mol. The number of carbonyl (C=O) groups is 2. The first-order chi connectivity index (χ1) is 21.9. The first-order valence-electron chi connectivity index (χ1n) is 14.8. The summed E-state index contributed by atoms with van der Waals surface area (Å²) in [6.07, 6.45) is 2.40. The summed E-state index contributed by atoms with van der Waals surface area (Å²) in [6.45, 7) is 4.87. The highest BCUT2D eigenvalue weighted by molar-refractivity contribution is 8.26. The van der Waals surface area contributed by atoms with Crippen LogP contribution >= 0.6 is 24.0 Å².